The Bertz CT molecular complexity index is 1120. The van der Waals surface area contributed by atoms with Gasteiger partial charge in [0, 0.05) is 37.2 Å². The third-order valence-electron chi connectivity index (χ3n) is 4.53. The lowest BCUT2D eigenvalue weighted by molar-refractivity contribution is 0.0695. The number of nitrogens with zero attached hydrogens (tertiary/aromatic N) is 3. The standard InChI is InChI=1S/C20H19Cl2N3O4/c1-3-24-14(10-25-13(11-29-2)6-7-23-25)9-17(26)18(20(27)28)19(24)12-4-5-15(21)16(22)8-12/h4-9H,3,10-11H2,1-2H3,(H,27,28). The Morgan fingerprint density at radius 2 is 1.93 bits per heavy atom. The molecule has 0 radical (unpaired) electrons. The molecule has 3 rings (SSSR count). The lowest BCUT2D eigenvalue weighted by Gasteiger charge is -2.20. The van der Waals surface area contributed by atoms with Crippen LogP contribution in [0, 0.1) is 0 Å². The van der Waals surface area contributed by atoms with E-state index < -0.39 is 11.4 Å². The lowest BCUT2D eigenvalue weighted by atomic mass is 10.0. The number of hydrogen-bond donors (Lipinski definition) is 1. The van der Waals surface area contributed by atoms with Crippen molar-refractivity contribution in [1.29, 1.82) is 0 Å². The van der Waals surface area contributed by atoms with Crippen LogP contribution in [0.1, 0.15) is 28.7 Å². The fourth-order valence-corrected chi connectivity index (χ4v) is 3.56. The molecule has 29 heavy (non-hydrogen) atoms. The second kappa shape index (κ2) is 8.82. The van der Waals surface area contributed by atoms with Crippen LogP contribution in [0.15, 0.2) is 41.3 Å². The second-order valence-corrected chi connectivity index (χ2v) is 7.13. The molecule has 1 N–H and O–H groups in total. The average molecular weight is 436 g/mol. The maximum absolute atomic E-state index is 12.7. The van der Waals surface area contributed by atoms with Crippen LogP contribution in [0.5, 0.6) is 0 Å². The van der Waals surface area contributed by atoms with Gasteiger partial charge in [0.25, 0.3) is 0 Å². The molecule has 0 fully saturated rings. The molecule has 1 aromatic carbocycles. The molecule has 0 aliphatic rings. The Labute approximate surface area is 177 Å². The number of carbonyl (C=O) groups is 1. The van der Waals surface area contributed by atoms with E-state index >= 15 is 0 Å². The van der Waals surface area contributed by atoms with E-state index in [4.69, 9.17) is 27.9 Å². The maximum atomic E-state index is 12.7. The molecule has 0 aliphatic carbocycles. The molecule has 2 aromatic heterocycles. The highest BCUT2D eigenvalue weighted by Crippen LogP contribution is 2.30. The summed E-state index contributed by atoms with van der Waals surface area (Å²) in [6.07, 6.45) is 1.65. The minimum Gasteiger partial charge on any atom is -0.477 e. The van der Waals surface area contributed by atoms with Crippen molar-refractivity contribution >= 4 is 29.2 Å². The number of halogens is 2. The van der Waals surface area contributed by atoms with Crippen molar-refractivity contribution in [3.8, 4) is 11.3 Å². The van der Waals surface area contributed by atoms with Gasteiger partial charge in [-0.3, -0.25) is 9.48 Å². The SMILES string of the molecule is CCn1c(Cn2nccc2COC)cc(=O)c(C(=O)O)c1-c1ccc(Cl)c(Cl)c1. The summed E-state index contributed by atoms with van der Waals surface area (Å²) in [5.74, 6) is -1.30. The molecule has 0 saturated carbocycles. The fraction of sp³-hybridized carbons (Fsp3) is 0.250. The van der Waals surface area contributed by atoms with E-state index in [0.717, 1.165) is 5.69 Å². The number of hydrogen-bond acceptors (Lipinski definition) is 4. The predicted molar refractivity (Wildman–Crippen MR) is 111 cm³/mol. The molecule has 0 atom stereocenters. The Kier molecular flexibility index (Phi) is 6.42. The number of ether oxygens (including phenoxy) is 1. The summed E-state index contributed by atoms with van der Waals surface area (Å²) in [5.41, 5.74) is 1.33. The summed E-state index contributed by atoms with van der Waals surface area (Å²) in [6.45, 7) is 2.96. The average Bonchev–Trinajstić information content (AvgIpc) is 3.10. The van der Waals surface area contributed by atoms with Gasteiger partial charge in [-0.2, -0.15) is 5.10 Å². The normalized spacial score (nSPS) is 11.0. The maximum Gasteiger partial charge on any atom is 0.341 e. The van der Waals surface area contributed by atoms with E-state index in [9.17, 15) is 14.7 Å². The Morgan fingerprint density at radius 1 is 1.17 bits per heavy atom. The zero-order valence-corrected chi connectivity index (χ0v) is 17.4. The highest BCUT2D eigenvalue weighted by Gasteiger charge is 2.22. The van der Waals surface area contributed by atoms with Crippen molar-refractivity contribution < 1.29 is 14.6 Å². The molecule has 0 unspecified atom stereocenters. The topological polar surface area (TPSA) is 86.4 Å². The molecule has 0 saturated heterocycles. The predicted octanol–water partition coefficient (Wildman–Crippen LogP) is 3.93. The molecule has 0 amide bonds. The van der Waals surface area contributed by atoms with Crippen molar-refractivity contribution in [3.63, 3.8) is 0 Å². The van der Waals surface area contributed by atoms with E-state index in [1.807, 2.05) is 13.0 Å². The van der Waals surface area contributed by atoms with Gasteiger partial charge in [0.05, 0.1) is 34.6 Å². The fourth-order valence-electron chi connectivity index (χ4n) is 3.27. The van der Waals surface area contributed by atoms with Gasteiger partial charge in [-0.1, -0.05) is 29.3 Å². The summed E-state index contributed by atoms with van der Waals surface area (Å²) >= 11 is 12.2. The molecular formula is C20H19Cl2N3O4. The third kappa shape index (κ3) is 4.22. The van der Waals surface area contributed by atoms with Crippen molar-refractivity contribution in [2.75, 3.05) is 7.11 Å². The second-order valence-electron chi connectivity index (χ2n) is 6.32. The largest absolute Gasteiger partial charge is 0.477 e. The monoisotopic (exact) mass is 435 g/mol. The molecule has 7 nitrogen and oxygen atoms in total. The van der Waals surface area contributed by atoms with Crippen LogP contribution in [0.4, 0.5) is 0 Å². The first kappa shape index (κ1) is 21.1. The van der Waals surface area contributed by atoms with Gasteiger partial charge >= 0.3 is 5.97 Å². The highest BCUT2D eigenvalue weighted by atomic mass is 35.5. The van der Waals surface area contributed by atoms with Crippen molar-refractivity contribution in [3.05, 3.63) is 73.7 Å². The van der Waals surface area contributed by atoms with Gasteiger partial charge in [-0.25, -0.2) is 4.79 Å². The van der Waals surface area contributed by atoms with Crippen molar-refractivity contribution in [1.82, 2.24) is 14.3 Å². The summed E-state index contributed by atoms with van der Waals surface area (Å²) in [7, 11) is 1.59. The molecule has 0 aliphatic heterocycles. The Hall–Kier alpha value is -2.61. The number of aromatic nitrogens is 3. The Morgan fingerprint density at radius 3 is 2.55 bits per heavy atom. The third-order valence-corrected chi connectivity index (χ3v) is 5.27. The molecule has 152 valence electrons. The van der Waals surface area contributed by atoms with Crippen LogP contribution < -0.4 is 5.43 Å². The van der Waals surface area contributed by atoms with Crippen molar-refractivity contribution in [2.45, 2.75) is 26.6 Å². The van der Waals surface area contributed by atoms with Crippen LogP contribution in [-0.2, 0) is 24.4 Å². The Balaban J connectivity index is 2.25. The van der Waals surface area contributed by atoms with Gasteiger partial charge in [-0.15, -0.1) is 0 Å². The molecule has 0 bridgehead atoms. The minimum atomic E-state index is -1.30. The van der Waals surface area contributed by atoms with Gasteiger partial charge in [0.1, 0.15) is 5.56 Å². The van der Waals surface area contributed by atoms with Crippen LogP contribution in [0.3, 0.4) is 0 Å². The van der Waals surface area contributed by atoms with E-state index in [1.165, 1.54) is 6.07 Å². The molecule has 0 spiro atoms. The van der Waals surface area contributed by atoms with Gasteiger partial charge in [0.2, 0.25) is 0 Å². The number of rotatable bonds is 7. The zero-order chi connectivity index (χ0) is 21.1. The first-order valence-electron chi connectivity index (χ1n) is 8.82. The number of benzene rings is 1. The summed E-state index contributed by atoms with van der Waals surface area (Å²) < 4.78 is 8.67. The van der Waals surface area contributed by atoms with Crippen molar-refractivity contribution in [2.24, 2.45) is 0 Å². The first-order valence-corrected chi connectivity index (χ1v) is 9.58. The molecule has 9 heteroatoms. The van der Waals surface area contributed by atoms with Crippen LogP contribution >= 0.6 is 23.2 Å². The smallest absolute Gasteiger partial charge is 0.341 e. The van der Waals surface area contributed by atoms with E-state index in [0.29, 0.717) is 29.4 Å². The zero-order valence-electron chi connectivity index (χ0n) is 15.9. The van der Waals surface area contributed by atoms with E-state index in [1.54, 1.807) is 40.8 Å². The summed E-state index contributed by atoms with van der Waals surface area (Å²) in [4.78, 5) is 24.6. The number of carboxylic acids is 1. The number of pyridine rings is 1. The number of aromatic carboxylic acids is 1. The summed E-state index contributed by atoms with van der Waals surface area (Å²) in [6, 6.07) is 7.95. The van der Waals surface area contributed by atoms with Crippen LogP contribution in [0.2, 0.25) is 10.0 Å². The summed E-state index contributed by atoms with van der Waals surface area (Å²) in [5, 5.41) is 14.6. The van der Waals surface area contributed by atoms with Crippen LogP contribution in [-0.4, -0.2) is 32.5 Å². The van der Waals surface area contributed by atoms with Gasteiger partial charge < -0.3 is 14.4 Å². The number of carboxylic acid groups (broad SMARTS) is 1. The van der Waals surface area contributed by atoms with E-state index in [2.05, 4.69) is 5.10 Å². The van der Waals surface area contributed by atoms with Gasteiger partial charge in [0.15, 0.2) is 5.43 Å². The molecule has 2 heterocycles. The molecular weight excluding hydrogens is 417 g/mol. The lowest BCUT2D eigenvalue weighted by Crippen LogP contribution is -2.25. The minimum absolute atomic E-state index is 0.274. The first-order chi connectivity index (χ1) is 13.9. The van der Waals surface area contributed by atoms with E-state index in [-0.39, 0.29) is 22.8 Å². The van der Waals surface area contributed by atoms with Gasteiger partial charge in [-0.05, 0) is 25.1 Å². The number of methoxy groups -OCH3 is 1. The van der Waals surface area contributed by atoms with Crippen LogP contribution in [0.25, 0.3) is 11.3 Å². The quantitative estimate of drug-likeness (QED) is 0.607. The molecule has 3 aromatic rings. The highest BCUT2D eigenvalue weighted by molar-refractivity contribution is 6.42.